The van der Waals surface area contributed by atoms with Gasteiger partial charge in [0.1, 0.15) is 11.9 Å². The number of nitrogens with one attached hydrogen (secondary N) is 1. The highest BCUT2D eigenvalue weighted by atomic mass is 16.5. The molecule has 2 aliphatic heterocycles. The van der Waals surface area contributed by atoms with Crippen molar-refractivity contribution in [2.45, 2.75) is 19.9 Å². The lowest BCUT2D eigenvalue weighted by Gasteiger charge is -2.29. The number of aryl methyl sites for hydroxylation is 2. The molecule has 1 amide bonds. The van der Waals surface area contributed by atoms with Gasteiger partial charge in [-0.2, -0.15) is 5.26 Å². The highest BCUT2D eigenvalue weighted by Gasteiger charge is 2.34. The van der Waals surface area contributed by atoms with Crippen molar-refractivity contribution in [3.8, 4) is 6.07 Å². The first-order valence-corrected chi connectivity index (χ1v) is 7.10. The van der Waals surface area contributed by atoms with Gasteiger partial charge in [-0.25, -0.2) is 4.98 Å². The summed E-state index contributed by atoms with van der Waals surface area (Å²) in [6.45, 7) is 5.92. The van der Waals surface area contributed by atoms with Crippen molar-refractivity contribution in [1.82, 2.24) is 10.3 Å². The van der Waals surface area contributed by atoms with Crippen LogP contribution in [0.25, 0.3) is 0 Å². The van der Waals surface area contributed by atoms with E-state index in [1.165, 1.54) is 0 Å². The fraction of sp³-hybridized carbons (Fsp3) is 0.533. The molecule has 0 radical (unpaired) electrons. The van der Waals surface area contributed by atoms with Crippen LogP contribution in [-0.4, -0.2) is 43.2 Å². The molecule has 2 aliphatic rings. The molecule has 6 nitrogen and oxygen atoms in total. The van der Waals surface area contributed by atoms with E-state index >= 15 is 0 Å². The number of amides is 1. The smallest absolute Gasteiger partial charge is 0.227 e. The number of hydrogen-bond donors (Lipinski definition) is 1. The van der Waals surface area contributed by atoms with Crippen LogP contribution in [0.1, 0.15) is 16.8 Å². The number of ether oxygens (including phenoxy) is 1. The second-order valence-electron chi connectivity index (χ2n) is 5.74. The maximum Gasteiger partial charge on any atom is 0.227 e. The Kier molecular flexibility index (Phi) is 3.52. The number of nitrogens with zero attached hydrogens (tertiary/aromatic N) is 3. The van der Waals surface area contributed by atoms with Gasteiger partial charge >= 0.3 is 0 Å². The summed E-state index contributed by atoms with van der Waals surface area (Å²) in [5.41, 5.74) is 2.39. The average Bonchev–Trinajstić information content (AvgIpc) is 2.66. The molecular weight excluding hydrogens is 268 g/mol. The van der Waals surface area contributed by atoms with E-state index in [1.807, 2.05) is 24.8 Å². The monoisotopic (exact) mass is 286 g/mol. The van der Waals surface area contributed by atoms with Gasteiger partial charge in [-0.3, -0.25) is 4.79 Å². The Labute approximate surface area is 123 Å². The largest absolute Gasteiger partial charge is 0.378 e. The third-order valence-electron chi connectivity index (χ3n) is 3.97. The van der Waals surface area contributed by atoms with E-state index in [-0.39, 0.29) is 17.9 Å². The van der Waals surface area contributed by atoms with Crippen LogP contribution in [0.5, 0.6) is 0 Å². The van der Waals surface area contributed by atoms with Crippen molar-refractivity contribution >= 4 is 11.7 Å². The van der Waals surface area contributed by atoms with Crippen LogP contribution in [0.2, 0.25) is 0 Å². The first-order valence-electron chi connectivity index (χ1n) is 7.10. The van der Waals surface area contributed by atoms with Gasteiger partial charge in [0.15, 0.2) is 0 Å². The summed E-state index contributed by atoms with van der Waals surface area (Å²) in [7, 11) is 0. The molecule has 3 heterocycles. The fourth-order valence-electron chi connectivity index (χ4n) is 2.99. The van der Waals surface area contributed by atoms with Crippen LogP contribution < -0.4 is 10.2 Å². The van der Waals surface area contributed by atoms with Crippen LogP contribution in [0.4, 0.5) is 5.82 Å². The van der Waals surface area contributed by atoms with Crippen molar-refractivity contribution in [3.05, 3.63) is 22.9 Å². The van der Waals surface area contributed by atoms with Crippen LogP contribution in [0.15, 0.2) is 6.07 Å². The molecule has 2 atom stereocenters. The summed E-state index contributed by atoms with van der Waals surface area (Å²) in [5, 5.41) is 12.4. The molecule has 0 unspecified atom stereocenters. The third-order valence-corrected chi connectivity index (χ3v) is 3.97. The Bertz CT molecular complexity index is 623. The number of rotatable bonds is 1. The number of aromatic nitrogens is 1. The lowest BCUT2D eigenvalue weighted by molar-refractivity contribution is -0.124. The van der Waals surface area contributed by atoms with Crippen molar-refractivity contribution in [1.29, 1.82) is 5.26 Å². The molecule has 0 spiro atoms. The zero-order valence-electron chi connectivity index (χ0n) is 12.2. The highest BCUT2D eigenvalue weighted by Crippen LogP contribution is 2.25. The summed E-state index contributed by atoms with van der Waals surface area (Å²) in [5.74, 6) is 0.498. The minimum Gasteiger partial charge on any atom is -0.378 e. The fourth-order valence-corrected chi connectivity index (χ4v) is 2.99. The lowest BCUT2D eigenvalue weighted by atomic mass is 10.1. The molecule has 0 aliphatic carbocycles. The van der Waals surface area contributed by atoms with Gasteiger partial charge in [0, 0.05) is 18.8 Å². The minimum atomic E-state index is -0.216. The number of anilines is 1. The Balaban J connectivity index is 2.01. The van der Waals surface area contributed by atoms with Crippen molar-refractivity contribution in [2.75, 3.05) is 31.2 Å². The average molecular weight is 286 g/mol. The topological polar surface area (TPSA) is 78.2 Å². The van der Waals surface area contributed by atoms with E-state index < -0.39 is 0 Å². The summed E-state index contributed by atoms with van der Waals surface area (Å²) in [6.07, 6.45) is 0. The first-order chi connectivity index (χ1) is 10.1. The van der Waals surface area contributed by atoms with Crippen LogP contribution in [0.3, 0.4) is 0 Å². The molecule has 6 heteroatoms. The Morgan fingerprint density at radius 2 is 2.24 bits per heavy atom. The first kappa shape index (κ1) is 13.8. The summed E-state index contributed by atoms with van der Waals surface area (Å²) in [4.78, 5) is 18.7. The summed E-state index contributed by atoms with van der Waals surface area (Å²) >= 11 is 0. The van der Waals surface area contributed by atoms with Crippen molar-refractivity contribution in [3.63, 3.8) is 0 Å². The minimum absolute atomic E-state index is 0.0304. The van der Waals surface area contributed by atoms with Crippen LogP contribution in [0, 0.1) is 31.1 Å². The van der Waals surface area contributed by atoms with Gasteiger partial charge in [-0.05, 0) is 25.5 Å². The predicted octanol–water partition coefficient (Wildman–Crippen LogP) is 0.521. The van der Waals surface area contributed by atoms with E-state index in [1.54, 1.807) is 0 Å². The number of carbonyl (C=O) groups excluding carboxylic acids is 1. The van der Waals surface area contributed by atoms with E-state index in [9.17, 15) is 10.1 Å². The number of nitriles is 1. The maximum absolute atomic E-state index is 12.1. The molecule has 110 valence electrons. The molecule has 0 aromatic carbocycles. The molecule has 3 rings (SSSR count). The number of pyridine rings is 1. The SMILES string of the molecule is Cc1cc(C)c(C#N)c(N2C[C@H]3COC[C@@H](C2)C(=O)N3)n1. The van der Waals surface area contributed by atoms with Gasteiger partial charge in [0.05, 0.1) is 30.7 Å². The standard InChI is InChI=1S/C15H18N4O2/c1-9-3-10(2)17-14(13(9)4-16)19-5-11-7-21-8-12(6-19)18-15(11)20/h3,11-12H,5-8H2,1-2H3,(H,18,20)/t11-,12+/m1/s1. The van der Waals surface area contributed by atoms with E-state index in [0.29, 0.717) is 37.7 Å². The Morgan fingerprint density at radius 1 is 1.43 bits per heavy atom. The molecule has 0 saturated carbocycles. The lowest BCUT2D eigenvalue weighted by Crippen LogP contribution is -2.42. The van der Waals surface area contributed by atoms with E-state index in [2.05, 4.69) is 16.4 Å². The highest BCUT2D eigenvalue weighted by molar-refractivity contribution is 5.81. The molecule has 21 heavy (non-hydrogen) atoms. The quantitative estimate of drug-likeness (QED) is 0.814. The summed E-state index contributed by atoms with van der Waals surface area (Å²) in [6, 6.07) is 4.10. The second-order valence-corrected chi connectivity index (χ2v) is 5.74. The molecule has 1 aromatic heterocycles. The maximum atomic E-state index is 12.1. The summed E-state index contributed by atoms with van der Waals surface area (Å²) < 4.78 is 5.52. The molecule has 2 saturated heterocycles. The van der Waals surface area contributed by atoms with Gasteiger partial charge in [0.2, 0.25) is 5.91 Å². The Hall–Kier alpha value is -2.13. The van der Waals surface area contributed by atoms with Gasteiger partial charge in [-0.15, -0.1) is 0 Å². The van der Waals surface area contributed by atoms with E-state index in [4.69, 9.17) is 4.74 Å². The number of carbonyl (C=O) groups is 1. The molecular formula is C15H18N4O2. The van der Waals surface area contributed by atoms with E-state index in [0.717, 1.165) is 11.3 Å². The third kappa shape index (κ3) is 2.57. The number of hydrogen-bond acceptors (Lipinski definition) is 5. The van der Waals surface area contributed by atoms with Crippen molar-refractivity contribution < 1.29 is 9.53 Å². The zero-order chi connectivity index (χ0) is 15.0. The molecule has 2 bridgehead atoms. The van der Waals surface area contributed by atoms with Crippen molar-refractivity contribution in [2.24, 2.45) is 5.92 Å². The van der Waals surface area contributed by atoms with Gasteiger partial charge in [-0.1, -0.05) is 0 Å². The normalized spacial score (nSPS) is 25.0. The van der Waals surface area contributed by atoms with Crippen LogP contribution in [-0.2, 0) is 9.53 Å². The second kappa shape index (κ2) is 5.34. The van der Waals surface area contributed by atoms with Crippen LogP contribution >= 0.6 is 0 Å². The van der Waals surface area contributed by atoms with Gasteiger partial charge < -0.3 is 15.0 Å². The number of fused-ring (bicyclic) bond motifs is 3. The van der Waals surface area contributed by atoms with Gasteiger partial charge in [0.25, 0.3) is 0 Å². The predicted molar refractivity (Wildman–Crippen MR) is 76.9 cm³/mol. The zero-order valence-corrected chi connectivity index (χ0v) is 12.2. The Morgan fingerprint density at radius 3 is 3.00 bits per heavy atom. The molecule has 1 N–H and O–H groups in total. The molecule has 2 fully saturated rings. The molecule has 1 aromatic rings.